The van der Waals surface area contributed by atoms with Crippen molar-refractivity contribution in [1.82, 2.24) is 0 Å². The molecule has 0 amide bonds. The summed E-state index contributed by atoms with van der Waals surface area (Å²) in [6.07, 6.45) is 1.68. The first-order chi connectivity index (χ1) is 13.3. The molecule has 0 spiro atoms. The highest BCUT2D eigenvalue weighted by Gasteiger charge is 2.29. The van der Waals surface area contributed by atoms with E-state index in [-0.39, 0.29) is 5.78 Å². The molecule has 0 bridgehead atoms. The average Bonchev–Trinajstić information content (AvgIpc) is 3.29. The van der Waals surface area contributed by atoms with Gasteiger partial charge in [-0.15, -0.1) is 0 Å². The second-order valence-corrected chi connectivity index (χ2v) is 9.38. The maximum absolute atomic E-state index is 13.2. The minimum atomic E-state index is -2.37. The molecular weight excluding hydrogens is 351 g/mol. The van der Waals surface area contributed by atoms with Gasteiger partial charge in [-0.25, -0.2) is 0 Å². The second-order valence-electron chi connectivity index (χ2n) is 6.20. The predicted molar refractivity (Wildman–Crippen MR) is 114 cm³/mol. The SMILES string of the molecule is O=C(C=P(c1ccccc1)(c1ccccc1)c1ccco1)c1ccccc1. The number of rotatable bonds is 5. The zero-order valence-electron chi connectivity index (χ0n) is 14.7. The zero-order chi connectivity index (χ0) is 18.5. The van der Waals surface area contributed by atoms with Crippen LogP contribution < -0.4 is 16.1 Å². The Balaban J connectivity index is 2.05. The molecule has 3 aromatic carbocycles. The van der Waals surface area contributed by atoms with Crippen LogP contribution in [0, 0.1) is 0 Å². The lowest BCUT2D eigenvalue weighted by molar-refractivity contribution is 0.107. The van der Waals surface area contributed by atoms with Crippen molar-refractivity contribution in [2.45, 2.75) is 0 Å². The van der Waals surface area contributed by atoms with E-state index in [0.717, 1.165) is 16.1 Å². The van der Waals surface area contributed by atoms with Crippen LogP contribution in [0.25, 0.3) is 0 Å². The van der Waals surface area contributed by atoms with Gasteiger partial charge in [-0.1, -0.05) is 91.0 Å². The number of benzene rings is 3. The van der Waals surface area contributed by atoms with Crippen molar-refractivity contribution in [2.24, 2.45) is 0 Å². The van der Waals surface area contributed by atoms with Gasteiger partial charge in [0, 0.05) is 12.4 Å². The van der Waals surface area contributed by atoms with Crippen LogP contribution in [0.1, 0.15) is 10.4 Å². The number of ketones is 1. The molecule has 3 heteroatoms. The summed E-state index contributed by atoms with van der Waals surface area (Å²) in [4.78, 5) is 13.2. The maximum atomic E-state index is 13.2. The van der Waals surface area contributed by atoms with Crippen molar-refractivity contribution < 1.29 is 9.21 Å². The number of hydrogen-bond donors (Lipinski definition) is 0. The Morgan fingerprint density at radius 1 is 0.667 bits per heavy atom. The molecule has 132 valence electrons. The Labute approximate surface area is 159 Å². The first-order valence-corrected chi connectivity index (χ1v) is 10.7. The molecule has 2 nitrogen and oxygen atoms in total. The van der Waals surface area contributed by atoms with E-state index in [2.05, 4.69) is 24.3 Å². The Hall–Kier alpha value is -3.09. The summed E-state index contributed by atoms with van der Waals surface area (Å²) in [7, 11) is 0. The Morgan fingerprint density at radius 3 is 1.67 bits per heavy atom. The van der Waals surface area contributed by atoms with E-state index in [4.69, 9.17) is 4.42 Å². The summed E-state index contributed by atoms with van der Waals surface area (Å²) in [5.41, 5.74) is 1.50. The maximum Gasteiger partial charge on any atom is 0.187 e. The van der Waals surface area contributed by atoms with E-state index in [1.807, 2.05) is 84.7 Å². The van der Waals surface area contributed by atoms with Gasteiger partial charge in [-0.2, -0.15) is 0 Å². The molecule has 0 radical (unpaired) electrons. The Bertz CT molecular complexity index is 1020. The number of furan rings is 1. The molecule has 0 saturated carbocycles. The molecule has 0 fully saturated rings. The van der Waals surface area contributed by atoms with Gasteiger partial charge in [0.25, 0.3) is 0 Å². The molecule has 0 aliphatic heterocycles. The lowest BCUT2D eigenvalue weighted by atomic mass is 10.2. The highest BCUT2D eigenvalue weighted by Crippen LogP contribution is 2.44. The van der Waals surface area contributed by atoms with Gasteiger partial charge in [0.15, 0.2) is 5.78 Å². The normalized spacial score (nSPS) is 11.1. The summed E-state index contributed by atoms with van der Waals surface area (Å²) in [6, 6.07) is 33.6. The minimum Gasteiger partial charge on any atom is -0.464 e. The largest absolute Gasteiger partial charge is 0.464 e. The van der Waals surface area contributed by atoms with E-state index >= 15 is 0 Å². The molecule has 0 saturated heterocycles. The molecule has 27 heavy (non-hydrogen) atoms. The summed E-state index contributed by atoms with van der Waals surface area (Å²) in [5, 5.41) is 2.19. The van der Waals surface area contributed by atoms with E-state index in [0.29, 0.717) is 5.56 Å². The van der Waals surface area contributed by atoms with E-state index in [9.17, 15) is 4.79 Å². The van der Waals surface area contributed by atoms with E-state index in [1.165, 1.54) is 0 Å². The van der Waals surface area contributed by atoms with Crippen LogP contribution in [-0.4, -0.2) is 11.6 Å². The first kappa shape index (κ1) is 17.3. The molecule has 4 aromatic rings. The van der Waals surface area contributed by atoms with Crippen molar-refractivity contribution >= 4 is 34.6 Å². The van der Waals surface area contributed by atoms with E-state index < -0.39 is 6.89 Å². The van der Waals surface area contributed by atoms with Gasteiger partial charge in [0.05, 0.1) is 6.26 Å². The average molecular weight is 370 g/mol. The van der Waals surface area contributed by atoms with Crippen LogP contribution in [0.5, 0.6) is 0 Å². The van der Waals surface area contributed by atoms with Crippen molar-refractivity contribution in [1.29, 1.82) is 0 Å². The van der Waals surface area contributed by atoms with Crippen molar-refractivity contribution in [3.05, 3.63) is 115 Å². The van der Waals surface area contributed by atoms with Crippen LogP contribution in [0.15, 0.2) is 114 Å². The fraction of sp³-hybridized carbons (Fsp3) is 0. The summed E-state index contributed by atoms with van der Waals surface area (Å²) in [5.74, 6) is 1.89. The third-order valence-electron chi connectivity index (χ3n) is 4.55. The standard InChI is InChI=1S/C24H19O2P/c25-23(20-11-4-1-5-12-20)19-27(24-17-10-18-26-24,21-13-6-2-7-14-21)22-15-8-3-9-16-22/h1-19H. The highest BCUT2D eigenvalue weighted by atomic mass is 31.2. The number of hydrogen-bond acceptors (Lipinski definition) is 2. The van der Waals surface area contributed by atoms with Crippen molar-refractivity contribution in [3.63, 3.8) is 0 Å². The van der Waals surface area contributed by atoms with Crippen molar-refractivity contribution in [2.75, 3.05) is 0 Å². The smallest absolute Gasteiger partial charge is 0.187 e. The predicted octanol–water partition coefficient (Wildman–Crippen LogP) is 4.26. The van der Waals surface area contributed by atoms with Crippen LogP contribution >= 0.6 is 6.89 Å². The molecule has 4 rings (SSSR count). The molecule has 0 aliphatic rings. The molecular formula is C24H19O2P. The van der Waals surface area contributed by atoms with Crippen LogP contribution in [-0.2, 0) is 0 Å². The van der Waals surface area contributed by atoms with Crippen LogP contribution in [0.4, 0.5) is 0 Å². The topological polar surface area (TPSA) is 30.2 Å². The monoisotopic (exact) mass is 370 g/mol. The van der Waals surface area contributed by atoms with Crippen LogP contribution in [0.3, 0.4) is 0 Å². The van der Waals surface area contributed by atoms with Gasteiger partial charge >= 0.3 is 0 Å². The molecule has 0 N–H and O–H groups in total. The van der Waals surface area contributed by atoms with Crippen molar-refractivity contribution in [3.8, 4) is 0 Å². The fourth-order valence-electron chi connectivity index (χ4n) is 3.27. The Morgan fingerprint density at radius 2 is 1.19 bits per heavy atom. The summed E-state index contributed by atoms with van der Waals surface area (Å²) < 4.78 is 5.91. The molecule has 1 aromatic heterocycles. The Kier molecular flexibility index (Phi) is 4.91. The quantitative estimate of drug-likeness (QED) is 0.388. The van der Waals surface area contributed by atoms with E-state index in [1.54, 1.807) is 6.26 Å². The highest BCUT2D eigenvalue weighted by molar-refractivity contribution is 7.95. The fourth-order valence-corrected chi connectivity index (χ4v) is 6.83. The lowest BCUT2D eigenvalue weighted by Crippen LogP contribution is -2.27. The van der Waals surface area contributed by atoms with Gasteiger partial charge in [-0.05, 0) is 28.5 Å². The van der Waals surface area contributed by atoms with Crippen LogP contribution in [0.2, 0.25) is 0 Å². The minimum absolute atomic E-state index is 0.00744. The summed E-state index contributed by atoms with van der Waals surface area (Å²) in [6.45, 7) is -2.37. The zero-order valence-corrected chi connectivity index (χ0v) is 15.6. The van der Waals surface area contributed by atoms with Gasteiger partial charge in [-0.3, -0.25) is 4.79 Å². The molecule has 1 heterocycles. The number of Topliss-reactive ketones (excluding diaryl/α,β-unsaturated/α-hetero) is 1. The third-order valence-corrected chi connectivity index (χ3v) is 8.35. The molecule has 0 unspecified atom stereocenters. The first-order valence-electron chi connectivity index (χ1n) is 8.80. The van der Waals surface area contributed by atoms with Gasteiger partial charge < -0.3 is 4.42 Å². The number of carbonyl (C=O) groups excluding carboxylic acids is 1. The second kappa shape index (κ2) is 7.65. The molecule has 0 aliphatic carbocycles. The third kappa shape index (κ3) is 3.32. The summed E-state index contributed by atoms with van der Waals surface area (Å²) >= 11 is 0. The number of carbonyl (C=O) groups is 1. The molecule has 0 atom stereocenters. The van der Waals surface area contributed by atoms with Gasteiger partial charge in [0.2, 0.25) is 0 Å². The van der Waals surface area contributed by atoms with Gasteiger partial charge in [0.1, 0.15) is 5.50 Å². The lowest BCUT2D eigenvalue weighted by Gasteiger charge is -2.25.